The predicted octanol–water partition coefficient (Wildman–Crippen LogP) is 5.97. The van der Waals surface area contributed by atoms with Gasteiger partial charge in [-0.3, -0.25) is 10.1 Å². The Morgan fingerprint density at radius 1 is 1.23 bits per heavy atom. The Balaban J connectivity index is 1.61. The highest BCUT2D eigenvalue weighted by Crippen LogP contribution is 2.29. The lowest BCUT2D eigenvalue weighted by molar-refractivity contribution is -0.385. The van der Waals surface area contributed by atoms with Gasteiger partial charge in [-0.2, -0.15) is 5.11 Å². The molecule has 0 aliphatic rings. The molecule has 0 bridgehead atoms. The summed E-state index contributed by atoms with van der Waals surface area (Å²) in [5.41, 5.74) is 9.83. The number of nitro groups is 1. The normalized spacial score (nSPS) is 11.7. The van der Waals surface area contributed by atoms with Gasteiger partial charge in [-0.15, -0.1) is 16.5 Å². The molecule has 0 amide bonds. The standard InChI is InChI=1S/C22H21N7O5S/c23-28-24-11-3-4-12-34-17-9-7-15(8-10-17)19-14-35-22(25-19)27-26-18(21(30)31)13-16-5-1-2-6-20(16)29(32)33/h1-2,5-10,14,18H,3-4,11-13H2,(H,30,31). The van der Waals surface area contributed by atoms with E-state index in [4.69, 9.17) is 10.3 Å². The van der Waals surface area contributed by atoms with Crippen LogP contribution in [0.5, 0.6) is 5.75 Å². The van der Waals surface area contributed by atoms with Crippen LogP contribution in [0.4, 0.5) is 10.8 Å². The SMILES string of the molecule is [N-]=[N+]=NCCCCOc1ccc(-c2csc(N=NC(Cc3ccccc3[N+](=O)[O-])C(=O)O)n2)cc1. The molecule has 0 saturated heterocycles. The summed E-state index contributed by atoms with van der Waals surface area (Å²) >= 11 is 1.20. The lowest BCUT2D eigenvalue weighted by Gasteiger charge is -2.06. The van der Waals surface area contributed by atoms with Crippen molar-refractivity contribution < 1.29 is 19.6 Å². The maximum absolute atomic E-state index is 11.6. The number of hydrogen-bond acceptors (Lipinski definition) is 9. The van der Waals surface area contributed by atoms with Gasteiger partial charge >= 0.3 is 5.97 Å². The first-order chi connectivity index (χ1) is 17.0. The van der Waals surface area contributed by atoms with Gasteiger partial charge in [0.05, 0.1) is 17.2 Å². The molecule has 35 heavy (non-hydrogen) atoms. The molecule has 0 radical (unpaired) electrons. The average molecular weight is 496 g/mol. The first-order valence-corrected chi connectivity index (χ1v) is 11.4. The van der Waals surface area contributed by atoms with E-state index in [0.29, 0.717) is 24.6 Å². The number of carboxylic acids is 1. The van der Waals surface area contributed by atoms with Crippen LogP contribution in [0.25, 0.3) is 21.7 Å². The quantitative estimate of drug-likeness (QED) is 0.0762. The highest BCUT2D eigenvalue weighted by molar-refractivity contribution is 7.13. The van der Waals surface area contributed by atoms with Gasteiger partial charge in [0.2, 0.25) is 5.13 Å². The molecule has 12 nitrogen and oxygen atoms in total. The van der Waals surface area contributed by atoms with Crippen LogP contribution in [-0.4, -0.2) is 40.2 Å². The van der Waals surface area contributed by atoms with Crippen molar-refractivity contribution in [3.05, 3.63) is 80.0 Å². The highest BCUT2D eigenvalue weighted by atomic mass is 32.1. The summed E-state index contributed by atoms with van der Waals surface area (Å²) in [7, 11) is 0. The van der Waals surface area contributed by atoms with Crippen LogP contribution in [0.1, 0.15) is 18.4 Å². The Bertz CT molecular complexity index is 1240. The number of carboxylic acid groups (broad SMARTS) is 1. The van der Waals surface area contributed by atoms with Gasteiger partial charge in [-0.05, 0) is 42.6 Å². The summed E-state index contributed by atoms with van der Waals surface area (Å²) in [5.74, 6) is -0.538. The van der Waals surface area contributed by atoms with Gasteiger partial charge in [0, 0.05) is 40.5 Å². The molecule has 2 aromatic carbocycles. The molecule has 13 heteroatoms. The second-order valence-corrected chi connectivity index (χ2v) is 8.05. The summed E-state index contributed by atoms with van der Waals surface area (Å²) in [6.45, 7) is 0.958. The fourth-order valence-electron chi connectivity index (χ4n) is 3.05. The van der Waals surface area contributed by atoms with E-state index in [1.54, 1.807) is 11.4 Å². The topological polar surface area (TPSA) is 176 Å². The zero-order valence-corrected chi connectivity index (χ0v) is 19.2. The number of hydrogen-bond donors (Lipinski definition) is 1. The van der Waals surface area contributed by atoms with Gasteiger partial charge < -0.3 is 9.84 Å². The Kier molecular flexibility index (Phi) is 9.22. The minimum absolute atomic E-state index is 0.161. The molecule has 0 saturated carbocycles. The molecule has 0 spiro atoms. The van der Waals surface area contributed by atoms with Gasteiger partial charge in [-0.25, -0.2) is 9.78 Å². The van der Waals surface area contributed by atoms with Gasteiger partial charge in [0.1, 0.15) is 5.75 Å². The van der Waals surface area contributed by atoms with Crippen LogP contribution in [0.3, 0.4) is 0 Å². The fraction of sp³-hybridized carbons (Fsp3) is 0.273. The van der Waals surface area contributed by atoms with E-state index in [1.807, 2.05) is 24.3 Å². The number of nitrogens with zero attached hydrogens (tertiary/aromatic N) is 7. The first-order valence-electron chi connectivity index (χ1n) is 10.5. The van der Waals surface area contributed by atoms with Gasteiger partial charge in [0.25, 0.3) is 5.69 Å². The van der Waals surface area contributed by atoms with E-state index >= 15 is 0 Å². The van der Waals surface area contributed by atoms with Crippen molar-refractivity contribution in [2.45, 2.75) is 25.3 Å². The number of ether oxygens (including phenoxy) is 1. The molecule has 180 valence electrons. The summed E-state index contributed by atoms with van der Waals surface area (Å²) in [4.78, 5) is 29.3. The number of aliphatic carboxylic acids is 1. The molecule has 3 aromatic rings. The van der Waals surface area contributed by atoms with Crippen LogP contribution in [0.2, 0.25) is 0 Å². The van der Waals surface area contributed by atoms with Gasteiger partial charge in [0.15, 0.2) is 6.04 Å². The molecular formula is C22H21N7O5S. The summed E-state index contributed by atoms with van der Waals surface area (Å²) in [6, 6.07) is 12.0. The Morgan fingerprint density at radius 2 is 2.00 bits per heavy atom. The fourth-order valence-corrected chi connectivity index (χ4v) is 3.70. The Labute approximate surface area is 203 Å². The molecule has 0 fully saturated rings. The second-order valence-electron chi connectivity index (χ2n) is 7.21. The third-order valence-corrected chi connectivity index (χ3v) is 5.52. The molecule has 0 aliphatic heterocycles. The maximum Gasteiger partial charge on any atom is 0.330 e. The monoisotopic (exact) mass is 495 g/mol. The molecule has 3 rings (SSSR count). The van der Waals surface area contributed by atoms with E-state index in [-0.39, 0.29) is 22.8 Å². The number of unbranched alkanes of at least 4 members (excludes halogenated alkanes) is 1. The molecular weight excluding hydrogens is 474 g/mol. The maximum atomic E-state index is 11.6. The second kappa shape index (κ2) is 12.8. The predicted molar refractivity (Wildman–Crippen MR) is 129 cm³/mol. The van der Waals surface area contributed by atoms with Crippen molar-refractivity contribution in [1.82, 2.24) is 4.98 Å². The first kappa shape index (κ1) is 25.3. The van der Waals surface area contributed by atoms with Crippen molar-refractivity contribution in [3.8, 4) is 17.0 Å². The lowest BCUT2D eigenvalue weighted by Crippen LogP contribution is -2.20. The van der Waals surface area contributed by atoms with E-state index in [0.717, 1.165) is 18.4 Å². The van der Waals surface area contributed by atoms with Gasteiger partial charge in [-0.1, -0.05) is 23.3 Å². The number of nitro benzene ring substituents is 1. The number of azo groups is 1. The zero-order chi connectivity index (χ0) is 25.0. The number of carbonyl (C=O) groups is 1. The molecule has 1 atom stereocenters. The zero-order valence-electron chi connectivity index (χ0n) is 18.4. The number of rotatable bonds is 13. The summed E-state index contributed by atoms with van der Waals surface area (Å²) < 4.78 is 5.66. The third kappa shape index (κ3) is 7.59. The number of thiazole rings is 1. The van der Waals surface area contributed by atoms with Crippen molar-refractivity contribution in [1.29, 1.82) is 0 Å². The summed E-state index contributed by atoms with van der Waals surface area (Å²) in [6.07, 6.45) is 1.36. The summed E-state index contributed by atoms with van der Waals surface area (Å²) in [5, 5.41) is 34.0. The molecule has 1 unspecified atom stereocenters. The minimum atomic E-state index is -1.29. The smallest absolute Gasteiger partial charge is 0.330 e. The Hall–Kier alpha value is -4.35. The minimum Gasteiger partial charge on any atom is -0.494 e. The highest BCUT2D eigenvalue weighted by Gasteiger charge is 2.22. The van der Waals surface area contributed by atoms with E-state index < -0.39 is 16.9 Å². The number of benzene rings is 2. The molecule has 1 aromatic heterocycles. The molecule has 1 N–H and O–H groups in total. The van der Waals surface area contributed by atoms with Crippen LogP contribution in [0.15, 0.2) is 69.3 Å². The largest absolute Gasteiger partial charge is 0.494 e. The average Bonchev–Trinajstić information content (AvgIpc) is 3.33. The Morgan fingerprint density at radius 3 is 2.71 bits per heavy atom. The van der Waals surface area contributed by atoms with E-state index in [9.17, 15) is 20.0 Å². The van der Waals surface area contributed by atoms with Crippen LogP contribution in [0, 0.1) is 10.1 Å². The number of para-hydroxylation sites is 1. The number of azide groups is 1. The van der Waals surface area contributed by atoms with Crippen molar-refractivity contribution in [2.75, 3.05) is 13.2 Å². The number of aromatic nitrogens is 1. The van der Waals surface area contributed by atoms with Crippen LogP contribution >= 0.6 is 11.3 Å². The van der Waals surface area contributed by atoms with Crippen molar-refractivity contribution in [3.63, 3.8) is 0 Å². The van der Waals surface area contributed by atoms with E-state index in [1.165, 1.54) is 29.5 Å². The third-order valence-electron chi connectivity index (χ3n) is 4.80. The van der Waals surface area contributed by atoms with Crippen LogP contribution < -0.4 is 4.74 Å². The van der Waals surface area contributed by atoms with Crippen molar-refractivity contribution >= 4 is 28.1 Å². The van der Waals surface area contributed by atoms with Crippen LogP contribution in [-0.2, 0) is 11.2 Å². The molecule has 1 heterocycles. The molecule has 0 aliphatic carbocycles. The lowest BCUT2D eigenvalue weighted by atomic mass is 10.0. The van der Waals surface area contributed by atoms with E-state index in [2.05, 4.69) is 25.2 Å². The van der Waals surface area contributed by atoms with Crippen molar-refractivity contribution in [2.24, 2.45) is 15.3 Å².